The van der Waals surface area contributed by atoms with Gasteiger partial charge in [-0.2, -0.15) is 5.26 Å². The van der Waals surface area contributed by atoms with Gasteiger partial charge in [0.1, 0.15) is 11.8 Å². The maximum Gasteiger partial charge on any atom is 0.174 e. The van der Waals surface area contributed by atoms with E-state index in [4.69, 9.17) is 10.00 Å². The zero-order valence-electron chi connectivity index (χ0n) is 12.5. The number of ether oxygens (including phenoxy) is 1. The van der Waals surface area contributed by atoms with E-state index in [0.29, 0.717) is 11.7 Å². The van der Waals surface area contributed by atoms with Gasteiger partial charge in [-0.25, -0.2) is 0 Å². The summed E-state index contributed by atoms with van der Waals surface area (Å²) in [4.78, 5) is 0. The van der Waals surface area contributed by atoms with Crippen LogP contribution < -0.4 is 10.1 Å². The van der Waals surface area contributed by atoms with E-state index in [1.165, 1.54) is 5.56 Å². The number of hydrogen-bond donors (Lipinski definition) is 2. The van der Waals surface area contributed by atoms with Crippen LogP contribution in [0.2, 0.25) is 0 Å². The second kappa shape index (κ2) is 8.57. The molecule has 0 aliphatic heterocycles. The van der Waals surface area contributed by atoms with Gasteiger partial charge in [0.2, 0.25) is 0 Å². The summed E-state index contributed by atoms with van der Waals surface area (Å²) in [7, 11) is 0. The smallest absolute Gasteiger partial charge is 0.174 e. The number of nitrogens with zero attached hydrogens (tertiary/aromatic N) is 1. The van der Waals surface area contributed by atoms with Gasteiger partial charge >= 0.3 is 0 Å². The minimum absolute atomic E-state index is 0.0734. The molecule has 0 aliphatic carbocycles. The molecule has 0 bridgehead atoms. The number of benzene rings is 1. The van der Waals surface area contributed by atoms with Crippen molar-refractivity contribution in [1.82, 2.24) is 5.32 Å². The van der Waals surface area contributed by atoms with Crippen molar-refractivity contribution in [1.29, 1.82) is 5.26 Å². The maximum atomic E-state index is 9.34. The summed E-state index contributed by atoms with van der Waals surface area (Å²) in [6.07, 6.45) is 0.555. The fourth-order valence-electron chi connectivity index (χ4n) is 2.13. The van der Waals surface area contributed by atoms with Crippen molar-refractivity contribution in [3.8, 4) is 11.8 Å². The molecule has 0 aromatic heterocycles. The summed E-state index contributed by atoms with van der Waals surface area (Å²) in [6.45, 7) is 7.01. The van der Waals surface area contributed by atoms with Crippen molar-refractivity contribution in [2.75, 3.05) is 13.2 Å². The molecule has 3 unspecified atom stereocenters. The summed E-state index contributed by atoms with van der Waals surface area (Å²) in [5.41, 5.74) is 1.18. The molecule has 0 saturated carbocycles. The molecule has 0 amide bonds. The summed E-state index contributed by atoms with van der Waals surface area (Å²) < 4.78 is 5.22. The summed E-state index contributed by atoms with van der Waals surface area (Å²) >= 11 is 0. The lowest BCUT2D eigenvalue weighted by atomic mass is 10.0. The molecular weight excluding hydrogens is 252 g/mol. The van der Waals surface area contributed by atoms with E-state index in [9.17, 15) is 5.11 Å². The third-order valence-corrected chi connectivity index (χ3v) is 3.20. The van der Waals surface area contributed by atoms with Gasteiger partial charge in [-0.15, -0.1) is 0 Å². The zero-order valence-corrected chi connectivity index (χ0v) is 12.5. The van der Waals surface area contributed by atoms with Crippen LogP contribution in [-0.2, 0) is 0 Å². The van der Waals surface area contributed by atoms with Gasteiger partial charge in [0, 0.05) is 6.04 Å². The number of aliphatic hydroxyl groups excluding tert-OH is 1. The Morgan fingerprint density at radius 2 is 1.90 bits per heavy atom. The molecule has 1 aromatic carbocycles. The van der Waals surface area contributed by atoms with E-state index in [-0.39, 0.29) is 18.8 Å². The molecule has 0 saturated heterocycles. The first-order valence-electron chi connectivity index (χ1n) is 7.04. The van der Waals surface area contributed by atoms with Gasteiger partial charge in [0.25, 0.3) is 0 Å². The summed E-state index contributed by atoms with van der Waals surface area (Å²) in [5.74, 6) is 1.15. The minimum Gasteiger partial charge on any atom is -0.479 e. The Balaban J connectivity index is 2.43. The van der Waals surface area contributed by atoms with Gasteiger partial charge in [0.15, 0.2) is 6.61 Å². The molecular formula is C16H24N2O2. The third-order valence-electron chi connectivity index (χ3n) is 3.20. The summed E-state index contributed by atoms with van der Waals surface area (Å²) in [6, 6.07) is 9.96. The third kappa shape index (κ3) is 6.05. The average molecular weight is 276 g/mol. The van der Waals surface area contributed by atoms with Crippen LogP contribution >= 0.6 is 0 Å². The van der Waals surface area contributed by atoms with Crippen molar-refractivity contribution in [2.24, 2.45) is 5.92 Å². The van der Waals surface area contributed by atoms with Crippen molar-refractivity contribution in [3.63, 3.8) is 0 Å². The molecule has 0 spiro atoms. The highest BCUT2D eigenvalue weighted by Gasteiger charge is 2.09. The monoisotopic (exact) mass is 276 g/mol. The molecule has 0 fully saturated rings. The quantitative estimate of drug-likeness (QED) is 0.766. The highest BCUT2D eigenvalue weighted by Crippen LogP contribution is 2.18. The standard InChI is InChI=1S/C16H24N2O2/c1-12(10-13(2)19)11-18-14(3)15-4-6-16(7-5-15)20-9-8-17/h4-7,12-14,18-19H,9-11H2,1-3H3. The number of aliphatic hydroxyl groups is 1. The predicted molar refractivity (Wildman–Crippen MR) is 79.4 cm³/mol. The van der Waals surface area contributed by atoms with Gasteiger partial charge in [0.05, 0.1) is 6.10 Å². The van der Waals surface area contributed by atoms with Gasteiger partial charge in [-0.3, -0.25) is 0 Å². The molecule has 0 heterocycles. The Hall–Kier alpha value is -1.57. The second-order valence-electron chi connectivity index (χ2n) is 5.34. The zero-order chi connectivity index (χ0) is 15.0. The SMILES string of the molecule is CC(O)CC(C)CNC(C)c1ccc(OCC#N)cc1. The van der Waals surface area contributed by atoms with Crippen LogP contribution in [0, 0.1) is 17.2 Å². The summed E-state index contributed by atoms with van der Waals surface area (Å²) in [5, 5.41) is 21.3. The van der Waals surface area contributed by atoms with Gasteiger partial charge < -0.3 is 15.2 Å². The van der Waals surface area contributed by atoms with Crippen molar-refractivity contribution in [3.05, 3.63) is 29.8 Å². The van der Waals surface area contributed by atoms with E-state index in [0.717, 1.165) is 13.0 Å². The van der Waals surface area contributed by atoms with E-state index in [2.05, 4.69) is 19.2 Å². The van der Waals surface area contributed by atoms with Crippen LogP contribution in [-0.4, -0.2) is 24.4 Å². The topological polar surface area (TPSA) is 65.3 Å². The lowest BCUT2D eigenvalue weighted by Crippen LogP contribution is -2.26. The van der Waals surface area contributed by atoms with Gasteiger partial charge in [-0.05, 0) is 50.4 Å². The Kier molecular flexibility index (Phi) is 7.06. The molecule has 20 heavy (non-hydrogen) atoms. The van der Waals surface area contributed by atoms with Crippen LogP contribution in [0.1, 0.15) is 38.8 Å². The van der Waals surface area contributed by atoms with Crippen LogP contribution in [0.15, 0.2) is 24.3 Å². The van der Waals surface area contributed by atoms with Crippen LogP contribution in [0.5, 0.6) is 5.75 Å². The number of hydrogen-bond acceptors (Lipinski definition) is 4. The Bertz CT molecular complexity index is 423. The Morgan fingerprint density at radius 3 is 2.45 bits per heavy atom. The van der Waals surface area contributed by atoms with E-state index < -0.39 is 0 Å². The van der Waals surface area contributed by atoms with Crippen molar-refractivity contribution >= 4 is 0 Å². The molecule has 1 rings (SSSR count). The first kappa shape index (κ1) is 16.5. The first-order valence-corrected chi connectivity index (χ1v) is 7.04. The molecule has 2 N–H and O–H groups in total. The van der Waals surface area contributed by atoms with E-state index in [1.54, 1.807) is 0 Å². The van der Waals surface area contributed by atoms with Gasteiger partial charge in [-0.1, -0.05) is 19.1 Å². The van der Waals surface area contributed by atoms with Crippen LogP contribution in [0.25, 0.3) is 0 Å². The lowest BCUT2D eigenvalue weighted by molar-refractivity contribution is 0.162. The molecule has 0 radical (unpaired) electrons. The molecule has 110 valence electrons. The van der Waals surface area contributed by atoms with Crippen LogP contribution in [0.4, 0.5) is 0 Å². The number of nitriles is 1. The van der Waals surface area contributed by atoms with Crippen LogP contribution in [0.3, 0.4) is 0 Å². The molecule has 0 aliphatic rings. The van der Waals surface area contributed by atoms with E-state index >= 15 is 0 Å². The van der Waals surface area contributed by atoms with E-state index in [1.807, 2.05) is 37.3 Å². The minimum atomic E-state index is -0.251. The fraction of sp³-hybridized carbons (Fsp3) is 0.562. The molecule has 4 nitrogen and oxygen atoms in total. The highest BCUT2D eigenvalue weighted by molar-refractivity contribution is 5.29. The predicted octanol–water partition coefficient (Wildman–Crippen LogP) is 2.65. The fourth-order valence-corrected chi connectivity index (χ4v) is 2.13. The molecule has 3 atom stereocenters. The normalized spacial score (nSPS) is 15.2. The molecule has 1 aromatic rings. The van der Waals surface area contributed by atoms with Crippen molar-refractivity contribution < 1.29 is 9.84 Å². The largest absolute Gasteiger partial charge is 0.479 e. The Labute approximate surface area is 121 Å². The number of nitrogens with one attached hydrogen (secondary N) is 1. The maximum absolute atomic E-state index is 9.34. The average Bonchev–Trinajstić information content (AvgIpc) is 2.42. The molecule has 4 heteroatoms. The second-order valence-corrected chi connectivity index (χ2v) is 5.34. The lowest BCUT2D eigenvalue weighted by Gasteiger charge is -2.19. The van der Waals surface area contributed by atoms with Crippen molar-refractivity contribution in [2.45, 2.75) is 39.3 Å². The first-order chi connectivity index (χ1) is 9.52. The Morgan fingerprint density at radius 1 is 1.25 bits per heavy atom. The highest BCUT2D eigenvalue weighted by atomic mass is 16.5. The number of rotatable bonds is 8.